The van der Waals surface area contributed by atoms with Crippen LogP contribution in [0.4, 0.5) is 0 Å². The van der Waals surface area contributed by atoms with Crippen molar-refractivity contribution in [3.8, 4) is 0 Å². The van der Waals surface area contributed by atoms with Gasteiger partial charge in [-0.05, 0) is 43.3 Å². The fourth-order valence-electron chi connectivity index (χ4n) is 3.40. The summed E-state index contributed by atoms with van der Waals surface area (Å²) in [4.78, 5) is 24.0. The molecule has 5 nitrogen and oxygen atoms in total. The van der Waals surface area contributed by atoms with Gasteiger partial charge in [-0.15, -0.1) is 11.8 Å². The topological polar surface area (TPSA) is 75.6 Å². The molecule has 2 aliphatic rings. The summed E-state index contributed by atoms with van der Waals surface area (Å²) in [6.07, 6.45) is 2.45. The first-order valence-corrected chi connectivity index (χ1v) is 8.65. The molecule has 1 fully saturated rings. The van der Waals surface area contributed by atoms with Gasteiger partial charge in [0.05, 0.1) is 5.60 Å². The monoisotopic (exact) mass is 321 g/mol. The Morgan fingerprint density at radius 1 is 1.36 bits per heavy atom. The third-order valence-electron chi connectivity index (χ3n) is 4.47. The van der Waals surface area contributed by atoms with Crippen LogP contribution in [-0.2, 0) is 19.9 Å². The number of carboxylic acids is 1. The van der Waals surface area contributed by atoms with Crippen LogP contribution in [0, 0.1) is 0 Å². The molecule has 2 N–H and O–H groups in total. The first kappa shape index (κ1) is 15.5. The summed E-state index contributed by atoms with van der Waals surface area (Å²) < 4.78 is 6.19. The van der Waals surface area contributed by atoms with Crippen molar-refractivity contribution in [3.63, 3.8) is 0 Å². The lowest BCUT2D eigenvalue weighted by Gasteiger charge is -2.34. The number of fused-ring (bicyclic) bond motifs is 2. The van der Waals surface area contributed by atoms with E-state index in [0.29, 0.717) is 0 Å². The molecule has 3 rings (SSSR count). The van der Waals surface area contributed by atoms with E-state index in [4.69, 9.17) is 4.74 Å². The van der Waals surface area contributed by atoms with Crippen LogP contribution in [-0.4, -0.2) is 41.5 Å². The molecule has 0 saturated carbocycles. The minimum atomic E-state index is -1.11. The van der Waals surface area contributed by atoms with Gasteiger partial charge < -0.3 is 15.2 Å². The number of hydrogen-bond donors (Lipinski definition) is 2. The Bertz CT molecular complexity index is 598. The van der Waals surface area contributed by atoms with E-state index in [9.17, 15) is 14.7 Å². The number of piperidine rings is 1. The van der Waals surface area contributed by atoms with Gasteiger partial charge in [0.25, 0.3) is 0 Å². The van der Waals surface area contributed by atoms with Crippen molar-refractivity contribution in [3.05, 3.63) is 35.4 Å². The van der Waals surface area contributed by atoms with Crippen LogP contribution in [0.15, 0.2) is 24.3 Å². The quantitative estimate of drug-likeness (QED) is 0.823. The Hall–Kier alpha value is -1.37. The summed E-state index contributed by atoms with van der Waals surface area (Å²) in [5.41, 5.74) is 1.42. The smallest absolute Gasteiger partial charge is 0.324 e. The number of Topliss-reactive ketones (excluding diaryl/α,β-unsaturated/α-hetero) is 1. The summed E-state index contributed by atoms with van der Waals surface area (Å²) in [6, 6.07) is 7.70. The molecule has 22 heavy (non-hydrogen) atoms. The maximum Gasteiger partial charge on any atom is 0.324 e. The van der Waals surface area contributed by atoms with Crippen molar-refractivity contribution in [2.24, 2.45) is 0 Å². The number of aliphatic carboxylic acids is 1. The number of carbonyl (C=O) groups excluding carboxylic acids is 1. The molecule has 1 saturated heterocycles. The van der Waals surface area contributed by atoms with Gasteiger partial charge in [-0.3, -0.25) is 9.59 Å². The fraction of sp³-hybridized carbons (Fsp3) is 0.500. The second-order valence-corrected chi connectivity index (χ2v) is 6.63. The SMILES string of the molecule is CSC(C(=O)O)C(=O)C1OC2(CCNCC2)c2ccccc21. The predicted octanol–water partition coefficient (Wildman–Crippen LogP) is 1.72. The summed E-state index contributed by atoms with van der Waals surface area (Å²) in [6.45, 7) is 1.67. The van der Waals surface area contributed by atoms with Gasteiger partial charge in [0.15, 0.2) is 11.0 Å². The van der Waals surface area contributed by atoms with E-state index in [0.717, 1.165) is 48.8 Å². The lowest BCUT2D eigenvalue weighted by atomic mass is 9.84. The highest BCUT2D eigenvalue weighted by Crippen LogP contribution is 2.49. The molecule has 0 radical (unpaired) electrons. The van der Waals surface area contributed by atoms with Crippen molar-refractivity contribution in [2.75, 3.05) is 19.3 Å². The molecule has 0 amide bonds. The standard InChI is InChI=1S/C16H19NO4S/c1-22-14(15(19)20)12(18)13-10-4-2-3-5-11(10)16(21-13)6-8-17-9-7-16/h2-5,13-14,17H,6-9H2,1H3,(H,19,20). The summed E-state index contributed by atoms with van der Waals surface area (Å²) >= 11 is 1.04. The summed E-state index contributed by atoms with van der Waals surface area (Å²) in [5, 5.41) is 11.5. The van der Waals surface area contributed by atoms with Gasteiger partial charge in [-0.1, -0.05) is 24.3 Å². The van der Waals surface area contributed by atoms with Crippen molar-refractivity contribution < 1.29 is 19.4 Å². The lowest BCUT2D eigenvalue weighted by Crippen LogP contribution is -2.40. The number of hydrogen-bond acceptors (Lipinski definition) is 5. The maximum absolute atomic E-state index is 12.7. The van der Waals surface area contributed by atoms with E-state index >= 15 is 0 Å². The van der Waals surface area contributed by atoms with E-state index in [1.54, 1.807) is 6.26 Å². The Morgan fingerprint density at radius 3 is 2.68 bits per heavy atom. The van der Waals surface area contributed by atoms with Crippen LogP contribution in [0.1, 0.15) is 30.1 Å². The Morgan fingerprint density at radius 2 is 2.05 bits per heavy atom. The van der Waals surface area contributed by atoms with Gasteiger partial charge in [-0.2, -0.15) is 0 Å². The minimum Gasteiger partial charge on any atom is -0.480 e. The number of benzene rings is 1. The Balaban J connectivity index is 1.97. The van der Waals surface area contributed by atoms with E-state index in [2.05, 4.69) is 5.32 Å². The van der Waals surface area contributed by atoms with Crippen molar-refractivity contribution in [1.29, 1.82) is 0 Å². The molecule has 0 aliphatic carbocycles. The van der Waals surface area contributed by atoms with E-state index in [1.165, 1.54) is 0 Å². The molecule has 118 valence electrons. The van der Waals surface area contributed by atoms with Crippen LogP contribution in [0.5, 0.6) is 0 Å². The molecule has 0 bridgehead atoms. The molecular formula is C16H19NO4S. The van der Waals surface area contributed by atoms with Gasteiger partial charge in [-0.25, -0.2) is 0 Å². The summed E-state index contributed by atoms with van der Waals surface area (Å²) in [7, 11) is 0. The predicted molar refractivity (Wildman–Crippen MR) is 84.0 cm³/mol. The Labute approximate surface area is 133 Å². The third-order valence-corrected chi connectivity index (χ3v) is 5.37. The van der Waals surface area contributed by atoms with Crippen LogP contribution in [0.2, 0.25) is 0 Å². The number of nitrogens with one attached hydrogen (secondary N) is 1. The first-order chi connectivity index (χ1) is 10.6. The largest absolute Gasteiger partial charge is 0.480 e. The first-order valence-electron chi connectivity index (χ1n) is 7.36. The number of carbonyl (C=O) groups is 2. The zero-order chi connectivity index (χ0) is 15.7. The van der Waals surface area contributed by atoms with Crippen LogP contribution < -0.4 is 5.32 Å². The maximum atomic E-state index is 12.7. The van der Waals surface area contributed by atoms with Gasteiger partial charge in [0.2, 0.25) is 0 Å². The normalized spacial score (nSPS) is 24.0. The van der Waals surface area contributed by atoms with Crippen molar-refractivity contribution in [1.82, 2.24) is 5.32 Å². The highest BCUT2D eigenvalue weighted by molar-refractivity contribution is 8.00. The van der Waals surface area contributed by atoms with Crippen LogP contribution >= 0.6 is 11.8 Å². The Kier molecular flexibility index (Phi) is 4.25. The number of thioether (sulfide) groups is 1. The van der Waals surface area contributed by atoms with Crippen molar-refractivity contribution in [2.45, 2.75) is 29.8 Å². The average Bonchev–Trinajstić information content (AvgIpc) is 2.83. The molecule has 1 aromatic carbocycles. The summed E-state index contributed by atoms with van der Waals surface area (Å²) in [5.74, 6) is -1.48. The van der Waals surface area contributed by atoms with Gasteiger partial charge in [0, 0.05) is 0 Å². The van der Waals surface area contributed by atoms with Gasteiger partial charge >= 0.3 is 5.97 Å². The lowest BCUT2D eigenvalue weighted by molar-refractivity contribution is -0.150. The van der Waals surface area contributed by atoms with Crippen molar-refractivity contribution >= 4 is 23.5 Å². The van der Waals surface area contributed by atoms with Crippen LogP contribution in [0.25, 0.3) is 0 Å². The zero-order valence-electron chi connectivity index (χ0n) is 12.4. The van der Waals surface area contributed by atoms with E-state index in [1.807, 2.05) is 24.3 Å². The number of ether oxygens (including phenoxy) is 1. The van der Waals surface area contributed by atoms with E-state index in [-0.39, 0.29) is 5.78 Å². The zero-order valence-corrected chi connectivity index (χ0v) is 13.2. The fourth-order valence-corrected chi connectivity index (χ4v) is 3.96. The second kappa shape index (κ2) is 6.02. The molecule has 1 spiro atoms. The van der Waals surface area contributed by atoms with Gasteiger partial charge in [0.1, 0.15) is 6.10 Å². The van der Waals surface area contributed by atoms with Crippen LogP contribution in [0.3, 0.4) is 0 Å². The number of rotatable bonds is 4. The molecule has 0 aromatic heterocycles. The molecule has 2 atom stereocenters. The number of carboxylic acid groups (broad SMARTS) is 1. The highest BCUT2D eigenvalue weighted by atomic mass is 32.2. The third kappa shape index (κ3) is 2.45. The number of ketones is 1. The average molecular weight is 321 g/mol. The van der Waals surface area contributed by atoms with E-state index < -0.39 is 22.9 Å². The minimum absolute atomic E-state index is 0.372. The second-order valence-electron chi connectivity index (χ2n) is 5.69. The molecule has 1 aromatic rings. The highest BCUT2D eigenvalue weighted by Gasteiger charge is 2.49. The molecule has 2 aliphatic heterocycles. The molecular weight excluding hydrogens is 302 g/mol. The molecule has 2 unspecified atom stereocenters. The molecule has 6 heteroatoms. The molecule has 2 heterocycles.